The van der Waals surface area contributed by atoms with Crippen LogP contribution in [0.5, 0.6) is 17.2 Å². The van der Waals surface area contributed by atoms with Crippen molar-refractivity contribution in [2.24, 2.45) is 0 Å². The minimum Gasteiger partial charge on any atom is -0.494 e. The van der Waals surface area contributed by atoms with Gasteiger partial charge in [0.25, 0.3) is 0 Å². The van der Waals surface area contributed by atoms with Crippen molar-refractivity contribution in [2.75, 3.05) is 6.61 Å². The summed E-state index contributed by atoms with van der Waals surface area (Å²) in [6.45, 7) is 4.04. The van der Waals surface area contributed by atoms with Crippen LogP contribution >= 0.6 is 0 Å². The minimum absolute atomic E-state index is 0.0771. The molecule has 0 bridgehead atoms. The SMILES string of the molecule is CCCc1ccc2c(c1F)Oc1c(cc(-c3ccc(OCC)cc3F)c(F)c1F)C2. The highest BCUT2D eigenvalue weighted by atomic mass is 19.2. The predicted molar refractivity (Wildman–Crippen MR) is 106 cm³/mol. The van der Waals surface area contributed by atoms with E-state index in [-0.39, 0.29) is 29.0 Å². The van der Waals surface area contributed by atoms with Crippen molar-refractivity contribution in [3.8, 4) is 28.4 Å². The maximum absolute atomic E-state index is 14.9. The Balaban J connectivity index is 1.78. The topological polar surface area (TPSA) is 18.5 Å². The number of ether oxygens (including phenoxy) is 2. The van der Waals surface area contributed by atoms with E-state index in [1.807, 2.05) is 6.92 Å². The van der Waals surface area contributed by atoms with Crippen LogP contribution in [0.25, 0.3) is 11.1 Å². The first kappa shape index (κ1) is 20.3. The van der Waals surface area contributed by atoms with E-state index in [1.165, 1.54) is 18.2 Å². The second-order valence-corrected chi connectivity index (χ2v) is 7.17. The summed E-state index contributed by atoms with van der Waals surface area (Å²) in [7, 11) is 0. The Morgan fingerprint density at radius 1 is 0.833 bits per heavy atom. The molecule has 1 aliphatic rings. The van der Waals surface area contributed by atoms with Gasteiger partial charge in [0.2, 0.25) is 5.82 Å². The fourth-order valence-corrected chi connectivity index (χ4v) is 3.73. The molecule has 3 aromatic carbocycles. The molecule has 0 atom stereocenters. The third-order valence-corrected chi connectivity index (χ3v) is 5.14. The second-order valence-electron chi connectivity index (χ2n) is 7.17. The second kappa shape index (κ2) is 8.01. The van der Waals surface area contributed by atoms with Crippen LogP contribution in [0.1, 0.15) is 37.0 Å². The van der Waals surface area contributed by atoms with Crippen LogP contribution in [0.15, 0.2) is 36.4 Å². The molecule has 2 nitrogen and oxygen atoms in total. The summed E-state index contributed by atoms with van der Waals surface area (Å²) in [4.78, 5) is 0. The number of halogens is 4. The number of fused-ring (bicyclic) bond motifs is 2. The molecule has 0 spiro atoms. The molecule has 30 heavy (non-hydrogen) atoms. The Morgan fingerprint density at radius 3 is 2.30 bits per heavy atom. The largest absolute Gasteiger partial charge is 0.494 e. The lowest BCUT2D eigenvalue weighted by molar-refractivity contribution is 0.338. The van der Waals surface area contributed by atoms with Crippen molar-refractivity contribution in [3.05, 3.63) is 76.4 Å². The molecule has 0 N–H and O–H groups in total. The van der Waals surface area contributed by atoms with E-state index in [2.05, 4.69) is 0 Å². The molecule has 1 heterocycles. The van der Waals surface area contributed by atoms with E-state index in [9.17, 15) is 17.6 Å². The van der Waals surface area contributed by atoms with Gasteiger partial charge in [-0.15, -0.1) is 0 Å². The zero-order valence-corrected chi connectivity index (χ0v) is 16.6. The van der Waals surface area contributed by atoms with Gasteiger partial charge < -0.3 is 9.47 Å². The van der Waals surface area contributed by atoms with Crippen LogP contribution in [0.4, 0.5) is 17.6 Å². The average molecular weight is 416 g/mol. The molecule has 156 valence electrons. The van der Waals surface area contributed by atoms with Gasteiger partial charge in [0, 0.05) is 34.7 Å². The molecule has 4 rings (SSSR count). The molecule has 0 unspecified atom stereocenters. The maximum atomic E-state index is 14.9. The Bertz CT molecular complexity index is 1120. The summed E-state index contributed by atoms with van der Waals surface area (Å²) in [6.07, 6.45) is 1.41. The fraction of sp³-hybridized carbons (Fsp3) is 0.250. The molecule has 1 aliphatic heterocycles. The highest BCUT2D eigenvalue weighted by Gasteiger charge is 2.29. The van der Waals surface area contributed by atoms with Gasteiger partial charge in [-0.05, 0) is 37.1 Å². The lowest BCUT2D eigenvalue weighted by Gasteiger charge is -2.23. The molecule has 0 amide bonds. The third kappa shape index (κ3) is 3.40. The number of hydrogen-bond donors (Lipinski definition) is 0. The zero-order valence-electron chi connectivity index (χ0n) is 16.6. The van der Waals surface area contributed by atoms with Crippen LogP contribution in [0, 0.1) is 23.3 Å². The zero-order chi connectivity index (χ0) is 21.4. The van der Waals surface area contributed by atoms with Gasteiger partial charge in [-0.1, -0.05) is 25.5 Å². The maximum Gasteiger partial charge on any atom is 0.202 e. The van der Waals surface area contributed by atoms with Crippen molar-refractivity contribution in [1.29, 1.82) is 0 Å². The fourth-order valence-electron chi connectivity index (χ4n) is 3.73. The molecule has 0 saturated heterocycles. The van der Waals surface area contributed by atoms with Gasteiger partial charge in [-0.3, -0.25) is 0 Å². The van der Waals surface area contributed by atoms with Crippen molar-refractivity contribution >= 4 is 0 Å². The molecule has 3 aromatic rings. The normalized spacial score (nSPS) is 12.2. The lowest BCUT2D eigenvalue weighted by atomic mass is 9.93. The molecule has 0 saturated carbocycles. The summed E-state index contributed by atoms with van der Waals surface area (Å²) in [6, 6.07) is 8.73. The first-order valence-corrected chi connectivity index (χ1v) is 9.86. The van der Waals surface area contributed by atoms with E-state index >= 15 is 0 Å². The quantitative estimate of drug-likeness (QED) is 0.328. The van der Waals surface area contributed by atoms with Gasteiger partial charge in [0.05, 0.1) is 6.61 Å². The summed E-state index contributed by atoms with van der Waals surface area (Å²) in [5.41, 5.74) is 1.01. The smallest absolute Gasteiger partial charge is 0.202 e. The number of hydrogen-bond acceptors (Lipinski definition) is 2. The van der Waals surface area contributed by atoms with Gasteiger partial charge >= 0.3 is 0 Å². The lowest BCUT2D eigenvalue weighted by Crippen LogP contribution is -2.10. The van der Waals surface area contributed by atoms with Gasteiger partial charge in [-0.25, -0.2) is 13.2 Å². The van der Waals surface area contributed by atoms with Crippen LogP contribution in [-0.2, 0) is 12.8 Å². The summed E-state index contributed by atoms with van der Waals surface area (Å²) in [5.74, 6) is -3.93. The molecular formula is C24H20F4O2. The van der Waals surface area contributed by atoms with Gasteiger partial charge in [-0.2, -0.15) is 4.39 Å². The Labute approximate surface area is 172 Å². The molecule has 0 radical (unpaired) electrons. The Morgan fingerprint density at radius 2 is 1.60 bits per heavy atom. The average Bonchev–Trinajstić information content (AvgIpc) is 2.73. The highest BCUT2D eigenvalue weighted by Crippen LogP contribution is 2.44. The summed E-state index contributed by atoms with van der Waals surface area (Å²) < 4.78 is 69.7. The van der Waals surface area contributed by atoms with Crippen molar-refractivity contribution in [2.45, 2.75) is 33.1 Å². The van der Waals surface area contributed by atoms with Crippen LogP contribution in [-0.4, -0.2) is 6.61 Å². The van der Waals surface area contributed by atoms with E-state index in [4.69, 9.17) is 9.47 Å². The summed E-state index contributed by atoms with van der Waals surface area (Å²) >= 11 is 0. The number of rotatable bonds is 5. The van der Waals surface area contributed by atoms with Gasteiger partial charge in [0.15, 0.2) is 23.1 Å². The van der Waals surface area contributed by atoms with Crippen LogP contribution < -0.4 is 9.47 Å². The number of benzene rings is 3. The Kier molecular flexibility index (Phi) is 5.41. The van der Waals surface area contributed by atoms with Crippen LogP contribution in [0.3, 0.4) is 0 Å². The van der Waals surface area contributed by atoms with Crippen LogP contribution in [0.2, 0.25) is 0 Å². The molecule has 0 aromatic heterocycles. The third-order valence-electron chi connectivity index (χ3n) is 5.14. The standard InChI is InChI=1S/C24H20F4O2/c1-3-5-13-6-7-14-10-15-11-18(17-9-8-16(29-4-2)12-19(17)25)21(27)22(28)24(15)30-23(14)20(13)26/h6-9,11-12H,3-5,10H2,1-2H3. The molecule has 6 heteroatoms. The molecule has 0 aliphatic carbocycles. The number of aryl methyl sites for hydroxylation is 1. The van der Waals surface area contributed by atoms with E-state index in [1.54, 1.807) is 19.1 Å². The van der Waals surface area contributed by atoms with Crippen molar-refractivity contribution in [3.63, 3.8) is 0 Å². The summed E-state index contributed by atoms with van der Waals surface area (Å²) in [5, 5.41) is 0. The highest BCUT2D eigenvalue weighted by molar-refractivity contribution is 5.69. The van der Waals surface area contributed by atoms with E-state index < -0.39 is 23.3 Å². The predicted octanol–water partition coefficient (Wildman–Crippen LogP) is 6.96. The minimum atomic E-state index is -1.26. The van der Waals surface area contributed by atoms with Crippen molar-refractivity contribution < 1.29 is 27.0 Å². The van der Waals surface area contributed by atoms with E-state index in [0.29, 0.717) is 35.5 Å². The monoisotopic (exact) mass is 416 g/mol. The first-order chi connectivity index (χ1) is 14.4. The van der Waals surface area contributed by atoms with E-state index in [0.717, 1.165) is 12.5 Å². The van der Waals surface area contributed by atoms with Gasteiger partial charge in [0.1, 0.15) is 11.6 Å². The first-order valence-electron chi connectivity index (χ1n) is 9.86. The van der Waals surface area contributed by atoms with Crippen molar-refractivity contribution in [1.82, 2.24) is 0 Å². The molecule has 0 fully saturated rings. The Hall–Kier alpha value is -3.02. The molecular weight excluding hydrogens is 396 g/mol.